The summed E-state index contributed by atoms with van der Waals surface area (Å²) in [6.07, 6.45) is 19.4. The highest BCUT2D eigenvalue weighted by Gasteiger charge is 2.10. The van der Waals surface area contributed by atoms with E-state index in [-0.39, 0.29) is 0 Å². The summed E-state index contributed by atoms with van der Waals surface area (Å²) < 4.78 is 0. The van der Waals surface area contributed by atoms with Crippen molar-refractivity contribution in [2.24, 2.45) is 5.92 Å². The van der Waals surface area contributed by atoms with Gasteiger partial charge in [-0.1, -0.05) is 73.7 Å². The van der Waals surface area contributed by atoms with Crippen molar-refractivity contribution in [3.8, 4) is 0 Å². The summed E-state index contributed by atoms with van der Waals surface area (Å²) in [5, 5.41) is 0. The first kappa shape index (κ1) is 13.2. The van der Waals surface area contributed by atoms with Gasteiger partial charge in [0.05, 0.1) is 0 Å². The molecule has 20 heavy (non-hydrogen) atoms. The maximum atomic E-state index is 2.38. The molecule has 3 rings (SSSR count). The van der Waals surface area contributed by atoms with Crippen LogP contribution in [0.1, 0.15) is 43.2 Å². The van der Waals surface area contributed by atoms with Crippen molar-refractivity contribution in [3.05, 3.63) is 77.9 Å². The minimum Gasteiger partial charge on any atom is -0.0836 e. The summed E-state index contributed by atoms with van der Waals surface area (Å²) in [7, 11) is 0. The van der Waals surface area contributed by atoms with Gasteiger partial charge in [-0.05, 0) is 41.9 Å². The summed E-state index contributed by atoms with van der Waals surface area (Å²) in [5.41, 5.74) is 4.16. The van der Waals surface area contributed by atoms with Gasteiger partial charge in [-0.25, -0.2) is 0 Å². The van der Waals surface area contributed by atoms with Crippen molar-refractivity contribution in [1.29, 1.82) is 0 Å². The molecule has 0 aliphatic heterocycles. The number of hydrogen-bond acceptors (Lipinski definition) is 0. The summed E-state index contributed by atoms with van der Waals surface area (Å²) >= 11 is 0. The predicted octanol–water partition coefficient (Wildman–Crippen LogP) is 5.66. The standard InChI is InChI=1S/C20H22/c1-16-7-5-10-18(14-13-16)20-12-6-11-19(15-20)17-8-3-2-4-9-17/h2-4,6,8,10-17H,5,7,9H2,1H3. The van der Waals surface area contributed by atoms with Crippen LogP contribution >= 0.6 is 0 Å². The Labute approximate surface area is 122 Å². The first-order chi connectivity index (χ1) is 9.83. The Morgan fingerprint density at radius 3 is 2.90 bits per heavy atom. The quantitative estimate of drug-likeness (QED) is 0.645. The average molecular weight is 262 g/mol. The zero-order chi connectivity index (χ0) is 13.8. The zero-order valence-corrected chi connectivity index (χ0v) is 12.1. The number of allylic oxidation sites excluding steroid dienone is 8. The molecular formula is C20H22. The summed E-state index contributed by atoms with van der Waals surface area (Å²) in [6.45, 7) is 2.29. The van der Waals surface area contributed by atoms with Crippen molar-refractivity contribution < 1.29 is 0 Å². The molecule has 2 atom stereocenters. The molecule has 0 N–H and O–H groups in total. The monoisotopic (exact) mass is 262 g/mol. The number of hydrogen-bond donors (Lipinski definition) is 0. The lowest BCUT2D eigenvalue weighted by molar-refractivity contribution is 0.662. The third kappa shape index (κ3) is 3.01. The van der Waals surface area contributed by atoms with Crippen molar-refractivity contribution in [2.45, 2.75) is 32.1 Å². The number of benzene rings is 1. The van der Waals surface area contributed by atoms with Crippen LogP contribution in [-0.4, -0.2) is 0 Å². The van der Waals surface area contributed by atoms with E-state index in [1.807, 2.05) is 0 Å². The van der Waals surface area contributed by atoms with E-state index in [0.29, 0.717) is 11.8 Å². The van der Waals surface area contributed by atoms with Gasteiger partial charge < -0.3 is 0 Å². The molecule has 2 aliphatic rings. The van der Waals surface area contributed by atoms with E-state index in [2.05, 4.69) is 73.7 Å². The van der Waals surface area contributed by atoms with Gasteiger partial charge in [0, 0.05) is 5.92 Å². The lowest BCUT2D eigenvalue weighted by Crippen LogP contribution is -1.97. The summed E-state index contributed by atoms with van der Waals surface area (Å²) in [5.74, 6) is 1.23. The van der Waals surface area contributed by atoms with E-state index < -0.39 is 0 Å². The molecule has 0 heteroatoms. The smallest absolute Gasteiger partial charge is 0.00559 e. The molecule has 0 saturated carbocycles. The van der Waals surface area contributed by atoms with Crippen LogP contribution in [0, 0.1) is 5.92 Å². The fraction of sp³-hybridized carbons (Fsp3) is 0.300. The van der Waals surface area contributed by atoms with Crippen molar-refractivity contribution in [3.63, 3.8) is 0 Å². The van der Waals surface area contributed by atoms with Gasteiger partial charge in [0.1, 0.15) is 0 Å². The van der Waals surface area contributed by atoms with Crippen LogP contribution in [0.5, 0.6) is 0 Å². The second-order valence-electron chi connectivity index (χ2n) is 5.85. The lowest BCUT2D eigenvalue weighted by atomic mass is 9.90. The Hall–Kier alpha value is -1.82. The molecule has 0 spiro atoms. The molecule has 102 valence electrons. The third-order valence-corrected chi connectivity index (χ3v) is 4.22. The van der Waals surface area contributed by atoms with Crippen LogP contribution in [-0.2, 0) is 0 Å². The van der Waals surface area contributed by atoms with Gasteiger partial charge in [-0.2, -0.15) is 0 Å². The molecule has 0 radical (unpaired) electrons. The van der Waals surface area contributed by atoms with E-state index in [9.17, 15) is 0 Å². The Bertz CT molecular complexity index is 584. The minimum atomic E-state index is 0.536. The molecule has 2 aliphatic carbocycles. The summed E-state index contributed by atoms with van der Waals surface area (Å²) in [4.78, 5) is 0. The Morgan fingerprint density at radius 2 is 2.05 bits per heavy atom. The van der Waals surface area contributed by atoms with Gasteiger partial charge in [-0.15, -0.1) is 0 Å². The van der Waals surface area contributed by atoms with Crippen LogP contribution in [0.15, 0.2) is 66.8 Å². The molecule has 0 heterocycles. The molecule has 1 aromatic carbocycles. The predicted molar refractivity (Wildman–Crippen MR) is 87.6 cm³/mol. The van der Waals surface area contributed by atoms with Crippen molar-refractivity contribution >= 4 is 5.57 Å². The highest BCUT2D eigenvalue weighted by atomic mass is 14.1. The Morgan fingerprint density at radius 1 is 1.10 bits per heavy atom. The molecule has 0 amide bonds. The SMILES string of the molecule is CC1C=CC(c2cccc(C3C=CC=CC3)c2)=CCC1. The molecule has 1 aromatic rings. The topological polar surface area (TPSA) is 0 Å². The van der Waals surface area contributed by atoms with Crippen LogP contribution in [0.4, 0.5) is 0 Å². The van der Waals surface area contributed by atoms with Crippen LogP contribution < -0.4 is 0 Å². The highest BCUT2D eigenvalue weighted by Crippen LogP contribution is 2.29. The van der Waals surface area contributed by atoms with Gasteiger partial charge in [0.15, 0.2) is 0 Å². The van der Waals surface area contributed by atoms with Crippen molar-refractivity contribution in [2.75, 3.05) is 0 Å². The molecule has 2 unspecified atom stereocenters. The first-order valence-electron chi connectivity index (χ1n) is 7.65. The molecular weight excluding hydrogens is 240 g/mol. The average Bonchev–Trinajstić information content (AvgIpc) is 2.73. The highest BCUT2D eigenvalue weighted by molar-refractivity contribution is 5.74. The second kappa shape index (κ2) is 6.09. The molecule has 0 aromatic heterocycles. The molecule has 0 bridgehead atoms. The van der Waals surface area contributed by atoms with Crippen LogP contribution in [0.25, 0.3) is 5.57 Å². The first-order valence-corrected chi connectivity index (χ1v) is 7.65. The molecule has 0 saturated heterocycles. The van der Waals surface area contributed by atoms with Gasteiger partial charge in [0.25, 0.3) is 0 Å². The molecule has 0 nitrogen and oxygen atoms in total. The van der Waals surface area contributed by atoms with Gasteiger partial charge >= 0.3 is 0 Å². The third-order valence-electron chi connectivity index (χ3n) is 4.22. The van der Waals surface area contributed by atoms with E-state index in [4.69, 9.17) is 0 Å². The maximum Gasteiger partial charge on any atom is 0.00559 e. The maximum absolute atomic E-state index is 2.38. The van der Waals surface area contributed by atoms with Crippen LogP contribution in [0.3, 0.4) is 0 Å². The number of rotatable bonds is 2. The molecule has 0 fully saturated rings. The van der Waals surface area contributed by atoms with Gasteiger partial charge in [0.2, 0.25) is 0 Å². The van der Waals surface area contributed by atoms with E-state index in [0.717, 1.165) is 6.42 Å². The van der Waals surface area contributed by atoms with E-state index >= 15 is 0 Å². The summed E-state index contributed by atoms with van der Waals surface area (Å²) in [6, 6.07) is 9.04. The fourth-order valence-electron chi connectivity index (χ4n) is 2.92. The zero-order valence-electron chi connectivity index (χ0n) is 12.1. The second-order valence-corrected chi connectivity index (χ2v) is 5.85. The van der Waals surface area contributed by atoms with Crippen molar-refractivity contribution in [1.82, 2.24) is 0 Å². The van der Waals surface area contributed by atoms with Crippen LogP contribution in [0.2, 0.25) is 0 Å². The lowest BCUT2D eigenvalue weighted by Gasteiger charge is -2.15. The van der Waals surface area contributed by atoms with E-state index in [1.165, 1.54) is 29.5 Å². The van der Waals surface area contributed by atoms with Gasteiger partial charge in [-0.3, -0.25) is 0 Å². The normalized spacial score (nSPS) is 25.4. The largest absolute Gasteiger partial charge is 0.0836 e. The van der Waals surface area contributed by atoms with E-state index in [1.54, 1.807) is 0 Å². The minimum absolute atomic E-state index is 0.536. The Kier molecular flexibility index (Phi) is 4.01. The fourth-order valence-corrected chi connectivity index (χ4v) is 2.92. The Balaban J connectivity index is 1.87.